The summed E-state index contributed by atoms with van der Waals surface area (Å²) in [6.45, 7) is 4.18. The highest BCUT2D eigenvalue weighted by atomic mass is 35.5. The first-order valence-electron chi connectivity index (χ1n) is 6.38. The van der Waals surface area contributed by atoms with Crippen molar-refractivity contribution in [1.29, 1.82) is 0 Å². The van der Waals surface area contributed by atoms with Crippen LogP contribution in [0.15, 0.2) is 48.5 Å². The van der Waals surface area contributed by atoms with Gasteiger partial charge in [-0.1, -0.05) is 42.0 Å². The van der Waals surface area contributed by atoms with Crippen molar-refractivity contribution in [3.05, 3.63) is 59.7 Å². The van der Waals surface area contributed by atoms with Gasteiger partial charge in [0, 0.05) is 10.9 Å². The van der Waals surface area contributed by atoms with Crippen molar-refractivity contribution in [2.45, 2.75) is 13.8 Å². The first-order valence-corrected chi connectivity index (χ1v) is 6.38. The third-order valence-corrected chi connectivity index (χ3v) is 3.37. The number of nitrogens with two attached hydrogens (primary N) is 1. The molecule has 2 aromatic carbocycles. The summed E-state index contributed by atoms with van der Waals surface area (Å²) in [4.78, 5) is 4.57. The normalized spacial score (nSPS) is 10.3. The van der Waals surface area contributed by atoms with Crippen LogP contribution in [0.2, 0.25) is 0 Å². The Labute approximate surface area is 125 Å². The minimum atomic E-state index is 0. The molecule has 0 spiro atoms. The van der Waals surface area contributed by atoms with Gasteiger partial charge in [0.15, 0.2) is 0 Å². The van der Waals surface area contributed by atoms with Gasteiger partial charge >= 0.3 is 0 Å². The highest BCUT2D eigenvalue weighted by Crippen LogP contribution is 2.29. The third kappa shape index (κ3) is 2.47. The van der Waals surface area contributed by atoms with Gasteiger partial charge in [0.2, 0.25) is 0 Å². The number of anilines is 1. The van der Waals surface area contributed by atoms with Crippen molar-refractivity contribution in [1.82, 2.24) is 4.98 Å². The van der Waals surface area contributed by atoms with E-state index < -0.39 is 0 Å². The number of hydrogen-bond donors (Lipinski definition) is 1. The van der Waals surface area contributed by atoms with Gasteiger partial charge in [-0.05, 0) is 37.1 Å². The molecular formula is C17H17ClN2. The Morgan fingerprint density at radius 3 is 2.35 bits per heavy atom. The monoisotopic (exact) mass is 284 g/mol. The van der Waals surface area contributed by atoms with E-state index in [9.17, 15) is 0 Å². The third-order valence-electron chi connectivity index (χ3n) is 3.37. The maximum Gasteiger partial charge on any atom is 0.132 e. The quantitative estimate of drug-likeness (QED) is 0.713. The van der Waals surface area contributed by atoms with Gasteiger partial charge in [0.1, 0.15) is 5.82 Å². The lowest BCUT2D eigenvalue weighted by atomic mass is 10.0. The summed E-state index contributed by atoms with van der Waals surface area (Å²) in [5, 5.41) is 1.14. The molecule has 20 heavy (non-hydrogen) atoms. The highest BCUT2D eigenvalue weighted by Gasteiger charge is 2.08. The van der Waals surface area contributed by atoms with Gasteiger partial charge in [-0.25, -0.2) is 4.98 Å². The Balaban J connectivity index is 0.00000147. The maximum absolute atomic E-state index is 6.11. The fourth-order valence-electron chi connectivity index (χ4n) is 2.51. The van der Waals surface area contributed by atoms with Gasteiger partial charge in [-0.3, -0.25) is 0 Å². The second-order valence-electron chi connectivity index (χ2n) is 4.94. The summed E-state index contributed by atoms with van der Waals surface area (Å²) in [6.07, 6.45) is 0. The van der Waals surface area contributed by atoms with E-state index in [4.69, 9.17) is 5.73 Å². The van der Waals surface area contributed by atoms with Crippen LogP contribution >= 0.6 is 12.4 Å². The molecule has 3 heteroatoms. The molecule has 3 aromatic rings. The molecule has 3 rings (SSSR count). The van der Waals surface area contributed by atoms with Crippen LogP contribution in [-0.4, -0.2) is 4.98 Å². The number of aromatic nitrogens is 1. The molecule has 0 bridgehead atoms. The average molecular weight is 285 g/mol. The first-order chi connectivity index (χ1) is 9.15. The average Bonchev–Trinajstić information content (AvgIpc) is 2.40. The number of rotatable bonds is 1. The minimum absolute atomic E-state index is 0. The van der Waals surface area contributed by atoms with E-state index in [0.29, 0.717) is 5.82 Å². The topological polar surface area (TPSA) is 38.9 Å². The number of halogens is 1. The van der Waals surface area contributed by atoms with Gasteiger partial charge in [0.05, 0.1) is 5.52 Å². The molecule has 102 valence electrons. The van der Waals surface area contributed by atoms with Crippen LogP contribution in [0, 0.1) is 13.8 Å². The van der Waals surface area contributed by atoms with Crippen molar-refractivity contribution in [2.75, 3.05) is 5.73 Å². The van der Waals surface area contributed by atoms with Gasteiger partial charge in [0.25, 0.3) is 0 Å². The standard InChI is InChI=1S/C17H16N2.ClH/c1-11-8-12(2)16-14(9-11)10-15(17(18)19-16)13-6-4-3-5-7-13;/h3-10H,1-2H3,(H2,18,19);1H. The van der Waals surface area contributed by atoms with Crippen LogP contribution in [0.1, 0.15) is 11.1 Å². The lowest BCUT2D eigenvalue weighted by Crippen LogP contribution is -1.96. The first kappa shape index (κ1) is 14.4. The number of nitrogen functional groups attached to an aromatic ring is 1. The Bertz CT molecular complexity index is 752. The minimum Gasteiger partial charge on any atom is -0.383 e. The summed E-state index contributed by atoms with van der Waals surface area (Å²) in [7, 11) is 0. The Morgan fingerprint density at radius 2 is 1.65 bits per heavy atom. The molecule has 0 aliphatic carbocycles. The molecule has 0 saturated heterocycles. The number of aryl methyl sites for hydroxylation is 2. The number of nitrogens with zero attached hydrogens (tertiary/aromatic N) is 1. The van der Waals surface area contributed by atoms with Gasteiger partial charge in [-0.2, -0.15) is 0 Å². The van der Waals surface area contributed by atoms with Crippen molar-refractivity contribution < 1.29 is 0 Å². The highest BCUT2D eigenvalue weighted by molar-refractivity contribution is 5.90. The number of hydrogen-bond acceptors (Lipinski definition) is 2. The number of fused-ring (bicyclic) bond motifs is 1. The molecule has 0 unspecified atom stereocenters. The molecule has 0 aliphatic rings. The molecule has 0 fully saturated rings. The van der Waals surface area contributed by atoms with Crippen LogP contribution in [0.25, 0.3) is 22.0 Å². The van der Waals surface area contributed by atoms with E-state index >= 15 is 0 Å². The van der Waals surface area contributed by atoms with E-state index in [1.807, 2.05) is 18.2 Å². The molecule has 0 saturated carbocycles. The predicted octanol–water partition coefficient (Wildman–Crippen LogP) is 4.52. The van der Waals surface area contributed by atoms with E-state index in [2.05, 4.69) is 49.2 Å². The SMILES string of the molecule is Cc1cc(C)c2nc(N)c(-c3ccccc3)cc2c1.Cl. The number of benzene rings is 2. The molecule has 0 aliphatic heterocycles. The van der Waals surface area contributed by atoms with Crippen molar-refractivity contribution in [3.8, 4) is 11.1 Å². The van der Waals surface area contributed by atoms with E-state index in [1.165, 1.54) is 11.1 Å². The Hall–Kier alpha value is -2.06. The van der Waals surface area contributed by atoms with Gasteiger partial charge < -0.3 is 5.73 Å². The van der Waals surface area contributed by atoms with E-state index in [0.717, 1.165) is 22.0 Å². The summed E-state index contributed by atoms with van der Waals surface area (Å²) < 4.78 is 0. The van der Waals surface area contributed by atoms with E-state index in [-0.39, 0.29) is 12.4 Å². The van der Waals surface area contributed by atoms with Crippen LogP contribution in [-0.2, 0) is 0 Å². The van der Waals surface area contributed by atoms with Crippen molar-refractivity contribution in [3.63, 3.8) is 0 Å². The molecule has 2 nitrogen and oxygen atoms in total. The molecule has 2 N–H and O–H groups in total. The fourth-order valence-corrected chi connectivity index (χ4v) is 2.51. The van der Waals surface area contributed by atoms with Gasteiger partial charge in [-0.15, -0.1) is 12.4 Å². The molecule has 0 atom stereocenters. The molecule has 1 aromatic heterocycles. The number of pyridine rings is 1. The zero-order valence-corrected chi connectivity index (χ0v) is 12.4. The molecule has 1 heterocycles. The second kappa shape index (κ2) is 5.51. The molecular weight excluding hydrogens is 268 g/mol. The second-order valence-corrected chi connectivity index (χ2v) is 4.94. The summed E-state index contributed by atoms with van der Waals surface area (Å²) in [5.74, 6) is 0.589. The molecule has 0 radical (unpaired) electrons. The van der Waals surface area contributed by atoms with Crippen molar-refractivity contribution in [2.24, 2.45) is 0 Å². The van der Waals surface area contributed by atoms with Crippen LogP contribution in [0.4, 0.5) is 5.82 Å². The lowest BCUT2D eigenvalue weighted by molar-refractivity contribution is 1.34. The Kier molecular flexibility index (Phi) is 3.96. The van der Waals surface area contributed by atoms with Crippen molar-refractivity contribution >= 4 is 29.1 Å². The van der Waals surface area contributed by atoms with Crippen LogP contribution in [0.5, 0.6) is 0 Å². The summed E-state index contributed by atoms with van der Waals surface area (Å²) in [6, 6.07) is 16.6. The zero-order chi connectivity index (χ0) is 13.4. The summed E-state index contributed by atoms with van der Waals surface area (Å²) >= 11 is 0. The van der Waals surface area contributed by atoms with Crippen LogP contribution < -0.4 is 5.73 Å². The zero-order valence-electron chi connectivity index (χ0n) is 11.6. The van der Waals surface area contributed by atoms with Crippen LogP contribution in [0.3, 0.4) is 0 Å². The maximum atomic E-state index is 6.11. The molecule has 0 amide bonds. The largest absolute Gasteiger partial charge is 0.383 e. The lowest BCUT2D eigenvalue weighted by Gasteiger charge is -2.10. The fraction of sp³-hybridized carbons (Fsp3) is 0.118. The Morgan fingerprint density at radius 1 is 0.950 bits per heavy atom. The smallest absolute Gasteiger partial charge is 0.132 e. The summed E-state index contributed by atoms with van der Waals surface area (Å²) in [5.41, 5.74) is 11.6. The van der Waals surface area contributed by atoms with E-state index in [1.54, 1.807) is 0 Å². The predicted molar refractivity (Wildman–Crippen MR) is 88.3 cm³/mol.